The fourth-order valence-corrected chi connectivity index (χ4v) is 1.79. The number of nitrogens with one attached hydrogen (secondary N) is 1. The van der Waals surface area contributed by atoms with Gasteiger partial charge in [-0.3, -0.25) is 5.32 Å². The van der Waals surface area contributed by atoms with Gasteiger partial charge in [-0.25, -0.2) is 14.8 Å². The van der Waals surface area contributed by atoms with Crippen molar-refractivity contribution >= 4 is 23.5 Å². The van der Waals surface area contributed by atoms with Crippen LogP contribution in [0.4, 0.5) is 10.6 Å². The van der Waals surface area contributed by atoms with E-state index in [1.54, 1.807) is 0 Å². The third-order valence-electron chi connectivity index (χ3n) is 2.46. The first-order valence-electron chi connectivity index (χ1n) is 6.17. The number of nitrogens with zero attached hydrogens (tertiary/aromatic N) is 2. The molecule has 1 N–H and O–H groups in total. The molecule has 0 spiro atoms. The van der Waals surface area contributed by atoms with Gasteiger partial charge < -0.3 is 9.47 Å². The van der Waals surface area contributed by atoms with E-state index < -0.39 is 6.09 Å². The molecule has 2 aromatic rings. The maximum absolute atomic E-state index is 11.7. The van der Waals surface area contributed by atoms with Gasteiger partial charge in [0.2, 0.25) is 0 Å². The van der Waals surface area contributed by atoms with Gasteiger partial charge in [-0.1, -0.05) is 41.9 Å². The van der Waals surface area contributed by atoms with Crippen LogP contribution in [0.3, 0.4) is 0 Å². The minimum absolute atomic E-state index is 0.177. The number of carbonyl (C=O) groups excluding carboxylic acids is 1. The maximum Gasteiger partial charge on any atom is 0.413 e. The summed E-state index contributed by atoms with van der Waals surface area (Å²) in [6.07, 6.45) is -0.614. The molecule has 0 bridgehead atoms. The quantitative estimate of drug-likeness (QED) is 0.860. The van der Waals surface area contributed by atoms with Gasteiger partial charge >= 0.3 is 6.09 Å². The lowest BCUT2D eigenvalue weighted by Crippen LogP contribution is -2.15. The number of anilines is 1. The van der Waals surface area contributed by atoms with Gasteiger partial charge in [0, 0.05) is 13.2 Å². The molecule has 0 radical (unpaired) electrons. The highest BCUT2D eigenvalue weighted by Crippen LogP contribution is 2.12. The number of amides is 1. The van der Waals surface area contributed by atoms with Crippen molar-refractivity contribution < 1.29 is 14.3 Å². The lowest BCUT2D eigenvalue weighted by atomic mass is 10.2. The van der Waals surface area contributed by atoms with Crippen LogP contribution in [0.5, 0.6) is 0 Å². The lowest BCUT2D eigenvalue weighted by Gasteiger charge is -2.08. The molecule has 0 fully saturated rings. The van der Waals surface area contributed by atoms with Crippen molar-refractivity contribution in [2.24, 2.45) is 0 Å². The van der Waals surface area contributed by atoms with E-state index in [4.69, 9.17) is 21.1 Å². The number of hydrogen-bond acceptors (Lipinski definition) is 5. The summed E-state index contributed by atoms with van der Waals surface area (Å²) in [5, 5.41) is 2.72. The Morgan fingerprint density at radius 2 is 2.00 bits per heavy atom. The number of methoxy groups -OCH3 is 1. The molecule has 7 heteroatoms. The second-order valence-electron chi connectivity index (χ2n) is 4.11. The summed E-state index contributed by atoms with van der Waals surface area (Å²) in [5.74, 6) is 0.642. The van der Waals surface area contributed by atoms with Crippen molar-refractivity contribution in [3.63, 3.8) is 0 Å². The van der Waals surface area contributed by atoms with Gasteiger partial charge in [-0.05, 0) is 5.56 Å². The number of hydrogen-bond donors (Lipinski definition) is 1. The Balaban J connectivity index is 1.93. The van der Waals surface area contributed by atoms with Crippen LogP contribution in [0.1, 0.15) is 11.4 Å². The molecule has 0 unspecified atom stereocenters. The van der Waals surface area contributed by atoms with Gasteiger partial charge in [0.05, 0.1) is 0 Å². The van der Waals surface area contributed by atoms with Crippen LogP contribution in [0.2, 0.25) is 5.15 Å². The molecule has 2 rings (SSSR count). The highest BCUT2D eigenvalue weighted by molar-refractivity contribution is 6.29. The Hall–Kier alpha value is -2.18. The first kappa shape index (κ1) is 15.2. The van der Waals surface area contributed by atoms with E-state index in [2.05, 4.69) is 15.3 Å². The molecule has 1 amide bonds. The van der Waals surface area contributed by atoms with E-state index >= 15 is 0 Å². The second kappa shape index (κ2) is 7.56. The van der Waals surface area contributed by atoms with Crippen molar-refractivity contribution in [2.75, 3.05) is 12.4 Å². The summed E-state index contributed by atoms with van der Waals surface area (Å²) in [6.45, 7) is 0.380. The molecule has 21 heavy (non-hydrogen) atoms. The number of aromatic nitrogens is 2. The van der Waals surface area contributed by atoms with E-state index in [1.807, 2.05) is 30.3 Å². The summed E-state index contributed by atoms with van der Waals surface area (Å²) in [6, 6.07) is 10.8. The van der Waals surface area contributed by atoms with Gasteiger partial charge in [0.1, 0.15) is 24.2 Å². The summed E-state index contributed by atoms with van der Waals surface area (Å²) in [4.78, 5) is 19.7. The van der Waals surface area contributed by atoms with Crippen molar-refractivity contribution in [1.29, 1.82) is 0 Å². The molecule has 1 aromatic heterocycles. The number of carbonyl (C=O) groups is 1. The van der Waals surface area contributed by atoms with Crippen LogP contribution in [-0.2, 0) is 22.7 Å². The van der Waals surface area contributed by atoms with Crippen LogP contribution >= 0.6 is 11.6 Å². The Kier molecular flexibility index (Phi) is 5.48. The van der Waals surface area contributed by atoms with Crippen molar-refractivity contribution in [1.82, 2.24) is 9.97 Å². The molecule has 110 valence electrons. The number of ether oxygens (including phenoxy) is 2. The van der Waals surface area contributed by atoms with Gasteiger partial charge in [-0.15, -0.1) is 0 Å². The van der Waals surface area contributed by atoms with Crippen LogP contribution < -0.4 is 5.32 Å². The Bertz CT molecular complexity index is 608. The van der Waals surface area contributed by atoms with Crippen molar-refractivity contribution in [3.05, 3.63) is 52.9 Å². The van der Waals surface area contributed by atoms with E-state index in [-0.39, 0.29) is 24.2 Å². The van der Waals surface area contributed by atoms with Crippen molar-refractivity contribution in [3.8, 4) is 0 Å². The number of benzene rings is 1. The fraction of sp³-hybridized carbons (Fsp3) is 0.214. The monoisotopic (exact) mass is 307 g/mol. The van der Waals surface area contributed by atoms with Gasteiger partial charge in [-0.2, -0.15) is 0 Å². The zero-order valence-electron chi connectivity index (χ0n) is 11.4. The Morgan fingerprint density at radius 1 is 1.24 bits per heavy atom. The summed E-state index contributed by atoms with van der Waals surface area (Å²) in [5.41, 5.74) is 0.897. The summed E-state index contributed by atoms with van der Waals surface area (Å²) < 4.78 is 10.0. The number of halogens is 1. The Labute approximate surface area is 127 Å². The molecule has 0 aliphatic carbocycles. The van der Waals surface area contributed by atoms with Gasteiger partial charge in [0.25, 0.3) is 0 Å². The van der Waals surface area contributed by atoms with Crippen LogP contribution in [-0.4, -0.2) is 23.2 Å². The highest BCUT2D eigenvalue weighted by Gasteiger charge is 2.08. The second-order valence-corrected chi connectivity index (χ2v) is 4.50. The standard InChI is InChI=1S/C14H14ClN3O3/c1-20-9-13-16-11(15)7-12(17-13)18-14(19)21-8-10-5-3-2-4-6-10/h2-7H,8-9H2,1H3,(H,16,17,18,19). The SMILES string of the molecule is COCc1nc(Cl)cc(NC(=O)OCc2ccccc2)n1. The van der Waals surface area contributed by atoms with Crippen LogP contribution in [0.25, 0.3) is 0 Å². The topological polar surface area (TPSA) is 73.3 Å². The first-order chi connectivity index (χ1) is 10.2. The first-order valence-corrected chi connectivity index (χ1v) is 6.55. The number of rotatable bonds is 5. The van der Waals surface area contributed by atoms with Crippen LogP contribution in [0, 0.1) is 0 Å². The molecule has 1 aromatic carbocycles. The maximum atomic E-state index is 11.7. The highest BCUT2D eigenvalue weighted by atomic mass is 35.5. The fourth-order valence-electron chi connectivity index (χ4n) is 1.59. The molecule has 0 saturated heterocycles. The lowest BCUT2D eigenvalue weighted by molar-refractivity contribution is 0.155. The molecule has 0 aliphatic rings. The molecule has 6 nitrogen and oxygen atoms in total. The Morgan fingerprint density at radius 3 is 2.71 bits per heavy atom. The average Bonchev–Trinajstić information content (AvgIpc) is 2.46. The zero-order valence-corrected chi connectivity index (χ0v) is 12.1. The molecular weight excluding hydrogens is 294 g/mol. The smallest absolute Gasteiger partial charge is 0.413 e. The third kappa shape index (κ3) is 5.02. The van der Waals surface area contributed by atoms with E-state index in [0.717, 1.165) is 5.56 Å². The van der Waals surface area contributed by atoms with E-state index in [9.17, 15) is 4.79 Å². The predicted octanol–water partition coefficient (Wildman–Crippen LogP) is 3.03. The minimum Gasteiger partial charge on any atom is -0.444 e. The minimum atomic E-state index is -0.614. The summed E-state index contributed by atoms with van der Waals surface area (Å²) in [7, 11) is 1.52. The van der Waals surface area contributed by atoms with Crippen LogP contribution in [0.15, 0.2) is 36.4 Å². The van der Waals surface area contributed by atoms with E-state index in [1.165, 1.54) is 13.2 Å². The average molecular weight is 308 g/mol. The molecular formula is C14H14ClN3O3. The van der Waals surface area contributed by atoms with E-state index in [0.29, 0.717) is 5.82 Å². The normalized spacial score (nSPS) is 10.2. The predicted molar refractivity (Wildman–Crippen MR) is 78.0 cm³/mol. The molecule has 1 heterocycles. The van der Waals surface area contributed by atoms with Gasteiger partial charge in [0.15, 0.2) is 5.82 Å². The molecule has 0 aliphatic heterocycles. The van der Waals surface area contributed by atoms with Crippen molar-refractivity contribution in [2.45, 2.75) is 13.2 Å². The summed E-state index contributed by atoms with van der Waals surface area (Å²) >= 11 is 5.84. The largest absolute Gasteiger partial charge is 0.444 e. The zero-order chi connectivity index (χ0) is 15.1. The molecule has 0 saturated carbocycles. The molecule has 0 atom stereocenters. The third-order valence-corrected chi connectivity index (χ3v) is 2.65.